The standard InChI is InChI=1S/C22H16N2O9S/c1-12-5-6-15(11-17(12)22(27)28)34(31,32)33-8-7-23-20(25)16-4-2-3-13-9-14(24(29)30)10-18(19(13)16)21(23)26/h2-6,9-11H,7-8H2,1H3,(H,27,28). The van der Waals surface area contributed by atoms with Crippen LogP contribution in [0.5, 0.6) is 0 Å². The number of aromatic carboxylic acids is 1. The van der Waals surface area contributed by atoms with Gasteiger partial charge in [-0.25, -0.2) is 4.79 Å². The summed E-state index contributed by atoms with van der Waals surface area (Å²) in [6.45, 7) is 0.459. The van der Waals surface area contributed by atoms with Gasteiger partial charge >= 0.3 is 5.97 Å². The van der Waals surface area contributed by atoms with Crippen LogP contribution in [0, 0.1) is 17.0 Å². The number of imide groups is 1. The maximum atomic E-state index is 13.0. The third kappa shape index (κ3) is 3.89. The number of carbonyl (C=O) groups is 3. The van der Waals surface area contributed by atoms with E-state index in [1.807, 2.05) is 0 Å². The van der Waals surface area contributed by atoms with Crippen molar-refractivity contribution in [2.75, 3.05) is 13.2 Å². The Kier molecular flexibility index (Phi) is 5.63. The molecule has 34 heavy (non-hydrogen) atoms. The summed E-state index contributed by atoms with van der Waals surface area (Å²) in [5, 5.41) is 21.1. The Balaban J connectivity index is 1.59. The number of nitrogens with zero attached hydrogens (tertiary/aromatic N) is 2. The summed E-state index contributed by atoms with van der Waals surface area (Å²) in [6.07, 6.45) is 0. The Bertz CT molecular complexity index is 1510. The molecule has 0 spiro atoms. The highest BCUT2D eigenvalue weighted by molar-refractivity contribution is 7.86. The van der Waals surface area contributed by atoms with Crippen molar-refractivity contribution in [2.24, 2.45) is 0 Å². The van der Waals surface area contributed by atoms with E-state index in [-0.39, 0.29) is 27.8 Å². The number of carbonyl (C=O) groups excluding carboxylic acids is 2. The van der Waals surface area contributed by atoms with Crippen molar-refractivity contribution in [2.45, 2.75) is 11.8 Å². The summed E-state index contributed by atoms with van der Waals surface area (Å²) in [5.41, 5.74) is -0.0774. The predicted octanol–water partition coefficient (Wildman–Crippen LogP) is 2.76. The lowest BCUT2D eigenvalue weighted by Crippen LogP contribution is -2.42. The molecule has 0 saturated heterocycles. The lowest BCUT2D eigenvalue weighted by Gasteiger charge is -2.26. The quantitative estimate of drug-likeness (QED) is 0.230. The van der Waals surface area contributed by atoms with E-state index in [2.05, 4.69) is 0 Å². The second-order valence-electron chi connectivity index (χ2n) is 7.47. The smallest absolute Gasteiger partial charge is 0.335 e. The molecule has 0 radical (unpaired) electrons. The minimum atomic E-state index is -4.39. The van der Waals surface area contributed by atoms with E-state index in [4.69, 9.17) is 4.18 Å². The zero-order chi connectivity index (χ0) is 24.8. The van der Waals surface area contributed by atoms with Crippen LogP contribution in [0.25, 0.3) is 10.8 Å². The molecule has 0 unspecified atom stereocenters. The zero-order valence-corrected chi connectivity index (χ0v) is 18.4. The van der Waals surface area contributed by atoms with Crippen LogP contribution in [0.3, 0.4) is 0 Å². The summed E-state index contributed by atoms with van der Waals surface area (Å²) in [7, 11) is -4.39. The Labute approximate surface area is 192 Å². The summed E-state index contributed by atoms with van der Waals surface area (Å²) < 4.78 is 30.0. The van der Waals surface area contributed by atoms with E-state index in [1.165, 1.54) is 37.3 Å². The van der Waals surface area contributed by atoms with Crippen LogP contribution < -0.4 is 0 Å². The lowest BCUT2D eigenvalue weighted by molar-refractivity contribution is -0.384. The molecular formula is C22H16N2O9S. The number of amides is 2. The van der Waals surface area contributed by atoms with Gasteiger partial charge < -0.3 is 5.11 Å². The Morgan fingerprint density at radius 3 is 2.47 bits per heavy atom. The first-order chi connectivity index (χ1) is 16.0. The molecular weight excluding hydrogens is 468 g/mol. The minimum absolute atomic E-state index is 0.0492. The number of non-ortho nitro benzene ring substituents is 1. The molecule has 11 nitrogen and oxygen atoms in total. The van der Waals surface area contributed by atoms with E-state index >= 15 is 0 Å². The maximum absolute atomic E-state index is 13.0. The van der Waals surface area contributed by atoms with E-state index < -0.39 is 50.9 Å². The first kappa shape index (κ1) is 23.0. The van der Waals surface area contributed by atoms with Crippen molar-refractivity contribution in [3.63, 3.8) is 0 Å². The van der Waals surface area contributed by atoms with Crippen molar-refractivity contribution in [1.82, 2.24) is 4.90 Å². The van der Waals surface area contributed by atoms with Gasteiger partial charge in [-0.1, -0.05) is 18.2 Å². The van der Waals surface area contributed by atoms with Crippen molar-refractivity contribution in [1.29, 1.82) is 0 Å². The molecule has 1 aliphatic rings. The number of nitro groups is 1. The van der Waals surface area contributed by atoms with Crippen LogP contribution >= 0.6 is 0 Å². The predicted molar refractivity (Wildman–Crippen MR) is 117 cm³/mol. The van der Waals surface area contributed by atoms with E-state index in [0.717, 1.165) is 17.0 Å². The van der Waals surface area contributed by atoms with Gasteiger partial charge in [0, 0.05) is 23.1 Å². The number of nitro benzene ring substituents is 1. The number of carboxylic acids is 1. The van der Waals surface area contributed by atoms with Crippen LogP contribution in [0.2, 0.25) is 0 Å². The normalized spacial score (nSPS) is 13.4. The highest BCUT2D eigenvalue weighted by Gasteiger charge is 2.34. The van der Waals surface area contributed by atoms with E-state index in [0.29, 0.717) is 10.9 Å². The molecule has 4 rings (SSSR count). The van der Waals surface area contributed by atoms with Gasteiger partial charge in [-0.15, -0.1) is 0 Å². The van der Waals surface area contributed by atoms with Crippen molar-refractivity contribution >= 4 is 44.4 Å². The second kappa shape index (κ2) is 8.32. The fraction of sp³-hybridized carbons (Fsp3) is 0.136. The highest BCUT2D eigenvalue weighted by Crippen LogP contribution is 2.33. The summed E-state index contributed by atoms with van der Waals surface area (Å²) >= 11 is 0. The molecule has 0 saturated carbocycles. The Morgan fingerprint density at radius 2 is 1.79 bits per heavy atom. The summed E-state index contributed by atoms with van der Waals surface area (Å²) in [6, 6.07) is 10.3. The largest absolute Gasteiger partial charge is 0.478 e. The molecule has 174 valence electrons. The van der Waals surface area contributed by atoms with Crippen molar-refractivity contribution in [3.8, 4) is 0 Å². The molecule has 0 aromatic heterocycles. The van der Waals surface area contributed by atoms with E-state index in [1.54, 1.807) is 6.07 Å². The summed E-state index contributed by atoms with van der Waals surface area (Å²) in [5.74, 6) is -2.82. The lowest BCUT2D eigenvalue weighted by atomic mass is 9.93. The average Bonchev–Trinajstić information content (AvgIpc) is 2.79. The van der Waals surface area contributed by atoms with Crippen molar-refractivity contribution in [3.05, 3.63) is 80.9 Å². The molecule has 0 atom stereocenters. The van der Waals surface area contributed by atoms with Gasteiger partial charge in [-0.2, -0.15) is 8.42 Å². The van der Waals surface area contributed by atoms with E-state index in [9.17, 15) is 38.0 Å². The van der Waals surface area contributed by atoms with Gasteiger partial charge in [0.1, 0.15) is 0 Å². The second-order valence-corrected chi connectivity index (χ2v) is 9.09. The van der Waals surface area contributed by atoms with Gasteiger partial charge in [-0.05, 0) is 36.1 Å². The van der Waals surface area contributed by atoms with Crippen LogP contribution in [0.1, 0.15) is 36.6 Å². The number of hydrogen-bond acceptors (Lipinski definition) is 8. The van der Waals surface area contributed by atoms with Crippen molar-refractivity contribution < 1.29 is 37.0 Å². The molecule has 3 aromatic carbocycles. The summed E-state index contributed by atoms with van der Waals surface area (Å²) in [4.78, 5) is 48.2. The molecule has 2 amide bonds. The van der Waals surface area contributed by atoms with Gasteiger partial charge in [0.05, 0.1) is 34.1 Å². The van der Waals surface area contributed by atoms with Crippen LogP contribution in [-0.2, 0) is 14.3 Å². The van der Waals surface area contributed by atoms with Crippen LogP contribution in [0.15, 0.2) is 53.4 Å². The third-order valence-electron chi connectivity index (χ3n) is 5.41. The maximum Gasteiger partial charge on any atom is 0.335 e. The van der Waals surface area contributed by atoms with Crippen LogP contribution in [-0.4, -0.2) is 54.3 Å². The van der Waals surface area contributed by atoms with Gasteiger partial charge in [0.2, 0.25) is 0 Å². The van der Waals surface area contributed by atoms with Gasteiger partial charge in [0.25, 0.3) is 27.6 Å². The van der Waals surface area contributed by atoms with Crippen LogP contribution in [0.4, 0.5) is 5.69 Å². The monoisotopic (exact) mass is 484 g/mol. The van der Waals surface area contributed by atoms with Gasteiger partial charge in [-0.3, -0.25) is 28.8 Å². The molecule has 1 N–H and O–H groups in total. The zero-order valence-electron chi connectivity index (χ0n) is 17.5. The average molecular weight is 484 g/mol. The molecule has 0 fully saturated rings. The molecule has 3 aromatic rings. The molecule has 0 aliphatic carbocycles. The van der Waals surface area contributed by atoms with Gasteiger partial charge in [0.15, 0.2) is 0 Å². The molecule has 0 bridgehead atoms. The number of benzene rings is 3. The SMILES string of the molecule is Cc1ccc(S(=O)(=O)OCCN2C(=O)c3cccc4cc([N+](=O)[O-])cc(c34)C2=O)cc1C(=O)O. The number of rotatable bonds is 7. The molecule has 12 heteroatoms. The highest BCUT2D eigenvalue weighted by atomic mass is 32.2. The Hall–Kier alpha value is -4.16. The first-order valence-electron chi connectivity index (χ1n) is 9.82. The first-order valence-corrected chi connectivity index (χ1v) is 11.2. The number of aryl methyl sites for hydroxylation is 1. The fourth-order valence-electron chi connectivity index (χ4n) is 3.74. The third-order valence-corrected chi connectivity index (χ3v) is 6.71. The minimum Gasteiger partial charge on any atom is -0.478 e. The molecule has 1 heterocycles. The Morgan fingerprint density at radius 1 is 1.09 bits per heavy atom. The number of hydrogen-bond donors (Lipinski definition) is 1. The topological polar surface area (TPSA) is 161 Å². The molecule has 1 aliphatic heterocycles. The fourth-order valence-corrected chi connectivity index (χ4v) is 4.67. The number of carboxylic acid groups (broad SMARTS) is 1.